The van der Waals surface area contributed by atoms with Crippen LogP contribution in [-0.2, 0) is 16.1 Å². The number of likely N-dealkylation sites (N-methyl/N-ethyl adjacent to an activating group) is 1. The van der Waals surface area contributed by atoms with Crippen molar-refractivity contribution in [1.82, 2.24) is 4.90 Å². The largest absolute Gasteiger partial charge is 0.452 e. The Balaban J connectivity index is 1.94. The topological polar surface area (TPSA) is 89.8 Å². The van der Waals surface area contributed by atoms with Gasteiger partial charge in [-0.2, -0.15) is 0 Å². The highest BCUT2D eigenvalue weighted by Gasteiger charge is 2.16. The second kappa shape index (κ2) is 8.24. The number of nitrogens with zero attached hydrogens (tertiary/aromatic N) is 2. The summed E-state index contributed by atoms with van der Waals surface area (Å²) in [4.78, 5) is 35.8. The van der Waals surface area contributed by atoms with Gasteiger partial charge in [0.1, 0.15) is 0 Å². The molecule has 0 spiro atoms. The molecule has 0 bridgehead atoms. The number of aryl methyl sites for hydroxylation is 2. The maximum Gasteiger partial charge on any atom is 0.338 e. The predicted octanol–water partition coefficient (Wildman–Crippen LogP) is 3.03. The fourth-order valence-electron chi connectivity index (χ4n) is 2.43. The summed E-state index contributed by atoms with van der Waals surface area (Å²) in [5.41, 5.74) is 3.06. The molecule has 0 aliphatic heterocycles. The van der Waals surface area contributed by atoms with Crippen LogP contribution >= 0.6 is 0 Å². The van der Waals surface area contributed by atoms with Crippen molar-refractivity contribution in [3.05, 3.63) is 74.8 Å². The van der Waals surface area contributed by atoms with Gasteiger partial charge in [-0.1, -0.05) is 29.8 Å². The fraction of sp³-hybridized carbons (Fsp3) is 0.263. The lowest BCUT2D eigenvalue weighted by atomic mass is 10.1. The van der Waals surface area contributed by atoms with E-state index in [9.17, 15) is 19.7 Å². The van der Waals surface area contributed by atoms with Crippen molar-refractivity contribution in [2.24, 2.45) is 0 Å². The number of amides is 1. The van der Waals surface area contributed by atoms with E-state index in [1.807, 2.05) is 32.0 Å². The molecule has 1 amide bonds. The van der Waals surface area contributed by atoms with E-state index in [-0.39, 0.29) is 17.2 Å². The van der Waals surface area contributed by atoms with Gasteiger partial charge in [-0.25, -0.2) is 4.79 Å². The van der Waals surface area contributed by atoms with Gasteiger partial charge in [0.25, 0.3) is 11.6 Å². The van der Waals surface area contributed by atoms with Crippen molar-refractivity contribution < 1.29 is 19.2 Å². The molecule has 0 atom stereocenters. The van der Waals surface area contributed by atoms with E-state index in [1.165, 1.54) is 23.1 Å². The van der Waals surface area contributed by atoms with Gasteiger partial charge in [0.05, 0.1) is 10.5 Å². The average Bonchev–Trinajstić information content (AvgIpc) is 2.61. The fourth-order valence-corrected chi connectivity index (χ4v) is 2.43. The minimum Gasteiger partial charge on any atom is -0.452 e. The number of nitro groups is 1. The van der Waals surface area contributed by atoms with Gasteiger partial charge in [0.15, 0.2) is 6.61 Å². The normalized spacial score (nSPS) is 10.3. The molecule has 26 heavy (non-hydrogen) atoms. The molecule has 0 saturated carbocycles. The van der Waals surface area contributed by atoms with Gasteiger partial charge in [-0.15, -0.1) is 0 Å². The van der Waals surface area contributed by atoms with Crippen LogP contribution in [0.15, 0.2) is 42.5 Å². The highest BCUT2D eigenvalue weighted by Crippen LogP contribution is 2.15. The number of esters is 1. The first-order valence-corrected chi connectivity index (χ1v) is 7.99. The van der Waals surface area contributed by atoms with Gasteiger partial charge in [-0.3, -0.25) is 14.9 Å². The smallest absolute Gasteiger partial charge is 0.338 e. The summed E-state index contributed by atoms with van der Waals surface area (Å²) in [5, 5.41) is 10.7. The van der Waals surface area contributed by atoms with Crippen molar-refractivity contribution in [1.29, 1.82) is 0 Å². The lowest BCUT2D eigenvalue weighted by Crippen LogP contribution is -2.31. The first kappa shape index (κ1) is 19.1. The van der Waals surface area contributed by atoms with Crippen molar-refractivity contribution in [3.63, 3.8) is 0 Å². The van der Waals surface area contributed by atoms with Crippen LogP contribution in [0.2, 0.25) is 0 Å². The third kappa shape index (κ3) is 4.89. The summed E-state index contributed by atoms with van der Waals surface area (Å²) in [6.07, 6.45) is 0. The van der Waals surface area contributed by atoms with Gasteiger partial charge < -0.3 is 9.64 Å². The second-order valence-electron chi connectivity index (χ2n) is 6.06. The first-order chi connectivity index (χ1) is 12.3. The molecule has 0 radical (unpaired) electrons. The van der Waals surface area contributed by atoms with E-state index in [2.05, 4.69) is 0 Å². The number of carbonyl (C=O) groups is 2. The van der Waals surface area contributed by atoms with E-state index in [4.69, 9.17) is 4.74 Å². The molecule has 0 N–H and O–H groups in total. The minimum absolute atomic E-state index is 0.0315. The molecule has 0 aromatic heterocycles. The Labute approximate surface area is 151 Å². The number of benzene rings is 2. The summed E-state index contributed by atoms with van der Waals surface area (Å²) in [6.45, 7) is 3.95. The molecule has 2 rings (SSSR count). The number of hydrogen-bond donors (Lipinski definition) is 0. The molecule has 7 nitrogen and oxygen atoms in total. The third-order valence-corrected chi connectivity index (χ3v) is 3.95. The molecule has 136 valence electrons. The Morgan fingerprint density at radius 1 is 1.15 bits per heavy atom. The number of non-ortho nitro benzene ring substituents is 1. The zero-order valence-electron chi connectivity index (χ0n) is 14.9. The van der Waals surface area contributed by atoms with E-state index in [0.717, 1.165) is 22.8 Å². The summed E-state index contributed by atoms with van der Waals surface area (Å²) in [7, 11) is 1.63. The van der Waals surface area contributed by atoms with E-state index < -0.39 is 17.5 Å². The zero-order valence-corrected chi connectivity index (χ0v) is 14.9. The third-order valence-electron chi connectivity index (χ3n) is 3.95. The Hall–Kier alpha value is -3.22. The molecule has 7 heteroatoms. The molecular formula is C19H20N2O5. The standard InChI is InChI=1S/C19H20N2O5/c1-13-7-8-16(14(2)9-13)11-20(3)18(22)12-26-19(23)15-5-4-6-17(10-15)21(24)25/h4-10H,11-12H2,1-3H3. The Morgan fingerprint density at radius 2 is 1.88 bits per heavy atom. The quantitative estimate of drug-likeness (QED) is 0.451. The van der Waals surface area contributed by atoms with E-state index in [1.54, 1.807) is 7.05 Å². The van der Waals surface area contributed by atoms with Crippen LogP contribution in [0.5, 0.6) is 0 Å². The van der Waals surface area contributed by atoms with Crippen molar-refractivity contribution in [2.75, 3.05) is 13.7 Å². The summed E-state index contributed by atoms with van der Waals surface area (Å²) >= 11 is 0. The van der Waals surface area contributed by atoms with Crippen molar-refractivity contribution >= 4 is 17.6 Å². The van der Waals surface area contributed by atoms with Gasteiger partial charge in [0, 0.05) is 25.7 Å². The van der Waals surface area contributed by atoms with Gasteiger partial charge >= 0.3 is 5.97 Å². The Kier molecular flexibility index (Phi) is 6.06. The molecule has 2 aromatic carbocycles. The van der Waals surface area contributed by atoms with Crippen LogP contribution in [0.1, 0.15) is 27.0 Å². The Bertz CT molecular complexity index is 848. The molecule has 0 saturated heterocycles. The van der Waals surface area contributed by atoms with Crippen LogP contribution in [0.4, 0.5) is 5.69 Å². The molecule has 0 unspecified atom stereocenters. The van der Waals surface area contributed by atoms with E-state index in [0.29, 0.717) is 6.54 Å². The number of hydrogen-bond acceptors (Lipinski definition) is 5. The Morgan fingerprint density at radius 3 is 2.54 bits per heavy atom. The minimum atomic E-state index is -0.776. The van der Waals surface area contributed by atoms with Crippen LogP contribution in [0.3, 0.4) is 0 Å². The zero-order chi connectivity index (χ0) is 19.3. The second-order valence-corrected chi connectivity index (χ2v) is 6.06. The number of ether oxygens (including phenoxy) is 1. The number of rotatable bonds is 6. The van der Waals surface area contributed by atoms with Crippen LogP contribution in [0.25, 0.3) is 0 Å². The lowest BCUT2D eigenvalue weighted by Gasteiger charge is -2.18. The van der Waals surface area contributed by atoms with Crippen LogP contribution < -0.4 is 0 Å². The number of nitro benzene ring substituents is 1. The highest BCUT2D eigenvalue weighted by atomic mass is 16.6. The van der Waals surface area contributed by atoms with E-state index >= 15 is 0 Å². The predicted molar refractivity (Wildman–Crippen MR) is 95.8 cm³/mol. The maximum atomic E-state index is 12.2. The number of carbonyl (C=O) groups excluding carboxylic acids is 2. The highest BCUT2D eigenvalue weighted by molar-refractivity contribution is 5.91. The van der Waals surface area contributed by atoms with Gasteiger partial charge in [0.2, 0.25) is 0 Å². The molecule has 0 aliphatic carbocycles. The molecule has 0 aliphatic rings. The average molecular weight is 356 g/mol. The van der Waals surface area contributed by atoms with Crippen LogP contribution in [-0.4, -0.2) is 35.4 Å². The van der Waals surface area contributed by atoms with Crippen LogP contribution in [0, 0.1) is 24.0 Å². The maximum absolute atomic E-state index is 12.2. The monoisotopic (exact) mass is 356 g/mol. The molecule has 0 heterocycles. The lowest BCUT2D eigenvalue weighted by molar-refractivity contribution is -0.384. The summed E-state index contributed by atoms with van der Waals surface area (Å²) in [5.74, 6) is -1.13. The first-order valence-electron chi connectivity index (χ1n) is 7.99. The van der Waals surface area contributed by atoms with Crippen molar-refractivity contribution in [3.8, 4) is 0 Å². The van der Waals surface area contributed by atoms with Crippen molar-refractivity contribution in [2.45, 2.75) is 20.4 Å². The summed E-state index contributed by atoms with van der Waals surface area (Å²) < 4.78 is 4.98. The molecule has 2 aromatic rings. The molecule has 0 fully saturated rings. The summed E-state index contributed by atoms with van der Waals surface area (Å²) in [6, 6.07) is 11.2. The molecular weight excluding hydrogens is 336 g/mol. The SMILES string of the molecule is Cc1ccc(CN(C)C(=O)COC(=O)c2cccc([N+](=O)[O-])c2)c(C)c1. The van der Waals surface area contributed by atoms with Gasteiger partial charge in [-0.05, 0) is 31.0 Å².